The second-order valence-corrected chi connectivity index (χ2v) is 4.85. The average Bonchev–Trinajstić information content (AvgIpc) is 2.99. The van der Waals surface area contributed by atoms with Crippen LogP contribution in [0.4, 0.5) is 0 Å². The Bertz CT molecular complexity index is 705. The molecule has 0 spiro atoms. The van der Waals surface area contributed by atoms with Crippen molar-refractivity contribution in [3.05, 3.63) is 60.3 Å². The molecule has 5 nitrogen and oxygen atoms in total. The van der Waals surface area contributed by atoms with Gasteiger partial charge in [-0.1, -0.05) is 19.4 Å². The fourth-order valence-electron chi connectivity index (χ4n) is 2.34. The highest BCUT2D eigenvalue weighted by atomic mass is 15.1. The maximum atomic E-state index is 4.41. The van der Waals surface area contributed by atoms with E-state index in [4.69, 9.17) is 0 Å². The zero-order valence-corrected chi connectivity index (χ0v) is 12.0. The van der Waals surface area contributed by atoms with Crippen molar-refractivity contribution in [2.24, 2.45) is 0 Å². The number of pyridine rings is 1. The number of aryl methyl sites for hydroxylation is 1. The van der Waals surface area contributed by atoms with Gasteiger partial charge in [-0.15, -0.1) is 0 Å². The lowest BCUT2D eigenvalue weighted by Crippen LogP contribution is -2.07. The van der Waals surface area contributed by atoms with Crippen LogP contribution >= 0.6 is 0 Å². The first-order chi connectivity index (χ1) is 10.4. The Morgan fingerprint density at radius 1 is 1.05 bits per heavy atom. The second kappa shape index (κ2) is 6.26. The molecule has 3 heterocycles. The molecule has 0 amide bonds. The molecule has 0 N–H and O–H groups in total. The van der Waals surface area contributed by atoms with Gasteiger partial charge >= 0.3 is 0 Å². The van der Waals surface area contributed by atoms with E-state index in [0.29, 0.717) is 6.54 Å². The minimum absolute atomic E-state index is 0.662. The van der Waals surface area contributed by atoms with Crippen LogP contribution in [0.3, 0.4) is 0 Å². The smallest absolute Gasteiger partial charge is 0.158 e. The van der Waals surface area contributed by atoms with Crippen LogP contribution in [0.25, 0.3) is 11.5 Å². The first-order valence-electron chi connectivity index (χ1n) is 7.10. The van der Waals surface area contributed by atoms with Crippen molar-refractivity contribution in [1.29, 1.82) is 0 Å². The van der Waals surface area contributed by atoms with Gasteiger partial charge in [0.15, 0.2) is 5.82 Å². The van der Waals surface area contributed by atoms with E-state index in [1.165, 1.54) is 5.56 Å². The third kappa shape index (κ3) is 2.97. The predicted molar refractivity (Wildman–Crippen MR) is 80.6 cm³/mol. The molecule has 106 valence electrons. The lowest BCUT2D eigenvalue weighted by atomic mass is 10.1. The molecule has 0 saturated heterocycles. The van der Waals surface area contributed by atoms with E-state index in [9.17, 15) is 0 Å². The molecule has 21 heavy (non-hydrogen) atoms. The molecule has 3 aromatic heterocycles. The molecule has 0 unspecified atom stereocenters. The zero-order chi connectivity index (χ0) is 14.5. The van der Waals surface area contributed by atoms with Gasteiger partial charge in [-0.05, 0) is 30.2 Å². The third-order valence-electron chi connectivity index (χ3n) is 3.34. The molecule has 0 aliphatic heterocycles. The van der Waals surface area contributed by atoms with Gasteiger partial charge in [-0.3, -0.25) is 4.98 Å². The second-order valence-electron chi connectivity index (χ2n) is 4.85. The highest BCUT2D eigenvalue weighted by Gasteiger charge is 2.10. The van der Waals surface area contributed by atoms with Crippen LogP contribution in [-0.2, 0) is 13.0 Å². The summed E-state index contributed by atoms with van der Waals surface area (Å²) in [7, 11) is 0. The molecular weight excluding hydrogens is 262 g/mol. The van der Waals surface area contributed by atoms with Gasteiger partial charge in [0.25, 0.3) is 0 Å². The Balaban J connectivity index is 1.92. The van der Waals surface area contributed by atoms with Crippen molar-refractivity contribution in [3.8, 4) is 11.5 Å². The summed E-state index contributed by atoms with van der Waals surface area (Å²) >= 11 is 0. The Hall–Kier alpha value is -2.56. The lowest BCUT2D eigenvalue weighted by molar-refractivity contribution is 0.734. The first-order valence-corrected chi connectivity index (χ1v) is 7.10. The molecule has 0 atom stereocenters. The molecule has 0 radical (unpaired) electrons. The van der Waals surface area contributed by atoms with Crippen LogP contribution in [-0.4, -0.2) is 24.7 Å². The molecular formula is C16H17N5. The summed E-state index contributed by atoms with van der Waals surface area (Å²) in [4.78, 5) is 8.77. The first kappa shape index (κ1) is 13.4. The summed E-state index contributed by atoms with van der Waals surface area (Å²) in [6, 6.07) is 7.87. The summed E-state index contributed by atoms with van der Waals surface area (Å²) in [6.07, 6.45) is 9.38. The minimum atomic E-state index is 0.662. The number of imidazole rings is 1. The summed E-state index contributed by atoms with van der Waals surface area (Å²) in [5.41, 5.74) is 3.10. The van der Waals surface area contributed by atoms with E-state index in [2.05, 4.69) is 31.7 Å². The molecule has 0 aromatic carbocycles. The normalized spacial score (nSPS) is 10.7. The standard InChI is InChI=1S/C16H17N5/c1-2-5-13-7-9-19-20-15(13)12-21-11-10-18-16(21)14-6-3-4-8-17-14/h3-4,6-11H,2,5,12H2,1H3. The van der Waals surface area contributed by atoms with E-state index in [-0.39, 0.29) is 0 Å². The van der Waals surface area contributed by atoms with Crippen LogP contribution in [0.1, 0.15) is 24.6 Å². The maximum Gasteiger partial charge on any atom is 0.158 e. The molecule has 3 aromatic rings. The van der Waals surface area contributed by atoms with E-state index < -0.39 is 0 Å². The molecule has 0 bridgehead atoms. The largest absolute Gasteiger partial charge is 0.324 e. The Morgan fingerprint density at radius 3 is 2.81 bits per heavy atom. The molecule has 0 aliphatic rings. The molecule has 0 saturated carbocycles. The van der Waals surface area contributed by atoms with Gasteiger partial charge in [0.1, 0.15) is 5.69 Å². The monoisotopic (exact) mass is 279 g/mol. The van der Waals surface area contributed by atoms with Gasteiger partial charge in [-0.2, -0.15) is 10.2 Å². The fourth-order valence-corrected chi connectivity index (χ4v) is 2.34. The SMILES string of the molecule is CCCc1ccnnc1Cn1ccnc1-c1ccccn1. The summed E-state index contributed by atoms with van der Waals surface area (Å²) in [5.74, 6) is 0.851. The lowest BCUT2D eigenvalue weighted by Gasteiger charge is -2.10. The highest BCUT2D eigenvalue weighted by Crippen LogP contribution is 2.16. The summed E-state index contributed by atoms with van der Waals surface area (Å²) in [6.45, 7) is 2.83. The van der Waals surface area contributed by atoms with Crippen molar-refractivity contribution in [1.82, 2.24) is 24.7 Å². The van der Waals surface area contributed by atoms with Gasteiger partial charge in [0.05, 0.1) is 12.2 Å². The number of rotatable bonds is 5. The maximum absolute atomic E-state index is 4.41. The van der Waals surface area contributed by atoms with Gasteiger partial charge in [0.2, 0.25) is 0 Å². The van der Waals surface area contributed by atoms with Crippen LogP contribution in [0.5, 0.6) is 0 Å². The van der Waals surface area contributed by atoms with Gasteiger partial charge in [0, 0.05) is 24.8 Å². The zero-order valence-electron chi connectivity index (χ0n) is 12.0. The Kier molecular flexibility index (Phi) is 4.00. The van der Waals surface area contributed by atoms with Crippen LogP contribution in [0.2, 0.25) is 0 Å². The van der Waals surface area contributed by atoms with Crippen molar-refractivity contribution in [3.63, 3.8) is 0 Å². The predicted octanol–water partition coefficient (Wildman–Crippen LogP) is 2.74. The van der Waals surface area contributed by atoms with Crippen LogP contribution in [0, 0.1) is 0 Å². The van der Waals surface area contributed by atoms with E-state index in [1.807, 2.05) is 30.5 Å². The van der Waals surface area contributed by atoms with Crippen molar-refractivity contribution < 1.29 is 0 Å². The van der Waals surface area contributed by atoms with Crippen LogP contribution < -0.4 is 0 Å². The van der Waals surface area contributed by atoms with Crippen molar-refractivity contribution in [2.45, 2.75) is 26.3 Å². The van der Waals surface area contributed by atoms with Gasteiger partial charge in [-0.25, -0.2) is 4.98 Å². The number of hydrogen-bond acceptors (Lipinski definition) is 4. The van der Waals surface area contributed by atoms with Crippen LogP contribution in [0.15, 0.2) is 49.1 Å². The molecule has 5 heteroatoms. The highest BCUT2D eigenvalue weighted by molar-refractivity contribution is 5.49. The average molecular weight is 279 g/mol. The molecule has 0 aliphatic carbocycles. The number of aromatic nitrogens is 5. The van der Waals surface area contributed by atoms with E-state index in [1.54, 1.807) is 18.6 Å². The summed E-state index contributed by atoms with van der Waals surface area (Å²) in [5, 5.41) is 8.30. The van der Waals surface area contributed by atoms with E-state index >= 15 is 0 Å². The topological polar surface area (TPSA) is 56.5 Å². The number of hydrogen-bond donors (Lipinski definition) is 0. The Morgan fingerprint density at radius 2 is 2.00 bits per heavy atom. The fraction of sp³-hybridized carbons (Fsp3) is 0.250. The van der Waals surface area contributed by atoms with E-state index in [0.717, 1.165) is 30.1 Å². The van der Waals surface area contributed by atoms with Gasteiger partial charge < -0.3 is 4.57 Å². The number of nitrogens with zero attached hydrogens (tertiary/aromatic N) is 5. The summed E-state index contributed by atoms with van der Waals surface area (Å²) < 4.78 is 2.06. The quantitative estimate of drug-likeness (QED) is 0.720. The minimum Gasteiger partial charge on any atom is -0.324 e. The van der Waals surface area contributed by atoms with Crippen molar-refractivity contribution in [2.75, 3.05) is 0 Å². The molecule has 3 rings (SSSR count). The molecule has 0 fully saturated rings. The third-order valence-corrected chi connectivity index (χ3v) is 3.34. The Labute approximate surface area is 123 Å². The van der Waals surface area contributed by atoms with Crippen molar-refractivity contribution >= 4 is 0 Å².